The molecule has 0 aliphatic heterocycles. The van der Waals surface area contributed by atoms with Crippen LogP contribution >= 0.6 is 11.3 Å². The molecule has 0 spiro atoms. The van der Waals surface area contributed by atoms with Crippen LogP contribution in [0, 0.1) is 10.1 Å². The van der Waals surface area contributed by atoms with Crippen LogP contribution in [0.5, 0.6) is 5.75 Å². The van der Waals surface area contributed by atoms with Crippen LogP contribution in [0.15, 0.2) is 28.4 Å². The lowest BCUT2D eigenvalue weighted by Crippen LogP contribution is -2.32. The molecule has 1 amide bonds. The van der Waals surface area contributed by atoms with Crippen molar-refractivity contribution in [3.63, 3.8) is 0 Å². The molecule has 0 aliphatic rings. The van der Waals surface area contributed by atoms with Gasteiger partial charge < -0.3 is 24.4 Å². The second-order valence-electron chi connectivity index (χ2n) is 8.86. The van der Waals surface area contributed by atoms with Gasteiger partial charge >= 0.3 is 5.69 Å². The monoisotopic (exact) mass is 549 g/mol. The van der Waals surface area contributed by atoms with E-state index in [1.807, 2.05) is 32.6 Å². The number of amides is 1. The highest BCUT2D eigenvalue weighted by Crippen LogP contribution is 2.42. The summed E-state index contributed by atoms with van der Waals surface area (Å²) < 4.78 is 17.1. The number of anilines is 2. The molecule has 0 saturated carbocycles. The van der Waals surface area contributed by atoms with Gasteiger partial charge in [-0.1, -0.05) is 0 Å². The van der Waals surface area contributed by atoms with Gasteiger partial charge in [-0.3, -0.25) is 19.7 Å². The number of carbonyl (C=O) groups is 2. The highest BCUT2D eigenvalue weighted by molar-refractivity contribution is 7.18. The number of thiophene rings is 1. The molecule has 1 N–H and O–H groups in total. The summed E-state index contributed by atoms with van der Waals surface area (Å²) in [4.78, 5) is 36.8. The fourth-order valence-corrected chi connectivity index (χ4v) is 4.18. The number of ether oxygens (including phenoxy) is 3. The van der Waals surface area contributed by atoms with Crippen molar-refractivity contribution in [2.24, 2.45) is 10.2 Å². The minimum atomic E-state index is -0.619. The molecule has 13 heteroatoms. The maximum atomic E-state index is 12.0. The number of carbonyl (C=O) groups excluding carboxylic acids is 2. The number of nitrogens with one attached hydrogen (secondary N) is 1. The van der Waals surface area contributed by atoms with E-state index < -0.39 is 4.92 Å². The van der Waals surface area contributed by atoms with E-state index in [0.717, 1.165) is 11.3 Å². The predicted octanol–water partition coefficient (Wildman–Crippen LogP) is 5.90. The summed E-state index contributed by atoms with van der Waals surface area (Å²) in [5.74, 6) is -0.198. The first-order chi connectivity index (χ1) is 17.9. The van der Waals surface area contributed by atoms with E-state index in [-0.39, 0.29) is 45.2 Å². The SMILES string of the molecule is COc1cc(N=Nc2sc(C(C)=O)cc2[N+](=O)[O-])c(NC(C)=O)cc1N(CCOC(C)C)CCOC(C)C. The van der Waals surface area contributed by atoms with Crippen molar-refractivity contribution in [3.8, 4) is 5.75 Å². The van der Waals surface area contributed by atoms with E-state index in [2.05, 4.69) is 15.5 Å². The Kier molecular flexibility index (Phi) is 11.8. The normalized spacial score (nSPS) is 11.4. The number of ketones is 1. The molecule has 1 heterocycles. The van der Waals surface area contributed by atoms with Crippen LogP contribution in [-0.4, -0.2) is 62.2 Å². The third kappa shape index (κ3) is 9.15. The Hall–Kier alpha value is -3.42. The molecule has 0 atom stereocenters. The van der Waals surface area contributed by atoms with Gasteiger partial charge in [-0.05, 0) is 40.7 Å². The van der Waals surface area contributed by atoms with E-state index in [1.165, 1.54) is 27.0 Å². The second-order valence-corrected chi connectivity index (χ2v) is 9.89. The molecule has 12 nitrogen and oxygen atoms in total. The third-order valence-corrected chi connectivity index (χ3v) is 6.17. The number of nitrogens with zero attached hydrogens (tertiary/aromatic N) is 4. The van der Waals surface area contributed by atoms with Crippen molar-refractivity contribution >= 4 is 50.8 Å². The van der Waals surface area contributed by atoms with Crippen molar-refractivity contribution in [1.29, 1.82) is 0 Å². The summed E-state index contributed by atoms with van der Waals surface area (Å²) in [6.07, 6.45) is 0.126. The highest BCUT2D eigenvalue weighted by Gasteiger charge is 2.22. The van der Waals surface area contributed by atoms with Gasteiger partial charge in [-0.15, -0.1) is 21.6 Å². The molecule has 0 aliphatic carbocycles. The van der Waals surface area contributed by atoms with Crippen LogP contribution in [0.4, 0.5) is 27.8 Å². The number of methoxy groups -OCH3 is 1. The van der Waals surface area contributed by atoms with Crippen LogP contribution in [0.3, 0.4) is 0 Å². The van der Waals surface area contributed by atoms with Crippen LogP contribution in [0.25, 0.3) is 0 Å². The highest BCUT2D eigenvalue weighted by atomic mass is 32.1. The molecule has 0 bridgehead atoms. The zero-order valence-electron chi connectivity index (χ0n) is 22.8. The number of nitro groups is 1. The van der Waals surface area contributed by atoms with Gasteiger partial charge in [-0.25, -0.2) is 0 Å². The number of hydrogen-bond acceptors (Lipinski definition) is 11. The smallest absolute Gasteiger partial charge is 0.308 e. The Balaban J connectivity index is 2.53. The summed E-state index contributed by atoms with van der Waals surface area (Å²) in [6, 6.07) is 4.48. The van der Waals surface area contributed by atoms with Gasteiger partial charge in [0.1, 0.15) is 11.4 Å². The molecule has 0 radical (unpaired) electrons. The quantitative estimate of drug-likeness (QED) is 0.125. The molecule has 0 fully saturated rings. The maximum Gasteiger partial charge on any atom is 0.308 e. The summed E-state index contributed by atoms with van der Waals surface area (Å²) >= 11 is 0.869. The average molecular weight is 550 g/mol. The van der Waals surface area contributed by atoms with Gasteiger partial charge in [0.15, 0.2) is 5.78 Å². The van der Waals surface area contributed by atoms with E-state index in [4.69, 9.17) is 14.2 Å². The zero-order valence-corrected chi connectivity index (χ0v) is 23.6. The van der Waals surface area contributed by atoms with Crippen molar-refractivity contribution in [3.05, 3.63) is 33.2 Å². The molecule has 1 aromatic carbocycles. The number of hydrogen-bond donors (Lipinski definition) is 1. The van der Waals surface area contributed by atoms with Crippen molar-refractivity contribution in [1.82, 2.24) is 0 Å². The number of azo groups is 1. The van der Waals surface area contributed by atoms with E-state index >= 15 is 0 Å². The van der Waals surface area contributed by atoms with Crippen LogP contribution in [-0.2, 0) is 14.3 Å². The first-order valence-corrected chi connectivity index (χ1v) is 12.9. The van der Waals surface area contributed by atoms with Gasteiger partial charge in [0.25, 0.3) is 0 Å². The van der Waals surface area contributed by atoms with Crippen LogP contribution in [0.2, 0.25) is 0 Å². The molecule has 2 rings (SSSR count). The molecule has 208 valence electrons. The van der Waals surface area contributed by atoms with Crippen molar-refractivity contribution < 1.29 is 28.7 Å². The number of rotatable bonds is 15. The van der Waals surface area contributed by atoms with Crippen molar-refractivity contribution in [2.45, 2.75) is 53.8 Å². The molecule has 1 aromatic heterocycles. The lowest BCUT2D eigenvalue weighted by molar-refractivity contribution is -0.383. The fourth-order valence-electron chi connectivity index (χ4n) is 3.34. The number of benzene rings is 1. The Bertz CT molecular complexity index is 1150. The van der Waals surface area contributed by atoms with E-state index in [9.17, 15) is 19.7 Å². The molecule has 38 heavy (non-hydrogen) atoms. The molecular weight excluding hydrogens is 514 g/mol. The molecule has 2 aromatic rings. The molecule has 0 saturated heterocycles. The largest absolute Gasteiger partial charge is 0.494 e. The predicted molar refractivity (Wildman–Crippen MR) is 147 cm³/mol. The average Bonchev–Trinajstić information content (AvgIpc) is 3.26. The van der Waals surface area contributed by atoms with E-state index in [1.54, 1.807) is 12.1 Å². The minimum absolute atomic E-state index is 0.0321. The van der Waals surface area contributed by atoms with Crippen molar-refractivity contribution in [2.75, 3.05) is 43.6 Å². The van der Waals surface area contributed by atoms with Crippen LogP contribution < -0.4 is 15.0 Å². The van der Waals surface area contributed by atoms with Gasteiger partial charge in [0, 0.05) is 32.1 Å². The fraction of sp³-hybridized carbons (Fsp3) is 0.520. The second kappa shape index (κ2) is 14.5. The maximum absolute atomic E-state index is 12.0. The first kappa shape index (κ1) is 30.8. The van der Waals surface area contributed by atoms with Gasteiger partial charge in [0.2, 0.25) is 10.9 Å². The molecule has 0 unspecified atom stereocenters. The van der Waals surface area contributed by atoms with E-state index in [0.29, 0.717) is 43.4 Å². The molecular formula is C25H35N5O7S. The Morgan fingerprint density at radius 2 is 1.66 bits per heavy atom. The zero-order chi connectivity index (χ0) is 28.4. The summed E-state index contributed by atoms with van der Waals surface area (Å²) in [5, 5.41) is 22.4. The first-order valence-electron chi connectivity index (χ1n) is 12.1. The lowest BCUT2D eigenvalue weighted by atomic mass is 10.2. The summed E-state index contributed by atoms with van der Waals surface area (Å²) in [6.45, 7) is 12.5. The Labute approximate surface area is 226 Å². The Morgan fingerprint density at radius 1 is 1.05 bits per heavy atom. The number of Topliss-reactive ketones (excluding diaryl/α,β-unsaturated/α-hetero) is 1. The third-order valence-electron chi connectivity index (χ3n) is 5.06. The van der Waals surface area contributed by atoms with Gasteiger partial charge in [-0.2, -0.15) is 0 Å². The van der Waals surface area contributed by atoms with Crippen LogP contribution in [0.1, 0.15) is 51.2 Å². The Morgan fingerprint density at radius 3 is 2.13 bits per heavy atom. The lowest BCUT2D eigenvalue weighted by Gasteiger charge is -2.28. The van der Waals surface area contributed by atoms with Gasteiger partial charge in [0.05, 0.1) is 53.7 Å². The topological polar surface area (TPSA) is 145 Å². The summed E-state index contributed by atoms with van der Waals surface area (Å²) in [5.41, 5.74) is 0.915. The standard InChI is InChI=1S/C25H35N5O7S/c1-15(2)36-10-8-29(9-11-37-16(3)4)21-12-19(26-18(6)32)20(13-23(21)35-7)27-28-25-22(30(33)34)14-24(38-25)17(5)31/h12-16H,8-11H2,1-7H3,(H,26,32). The summed E-state index contributed by atoms with van der Waals surface area (Å²) in [7, 11) is 1.51. The minimum Gasteiger partial charge on any atom is -0.494 e.